The number of hydrogen-bond acceptors (Lipinski definition) is 4. The average Bonchev–Trinajstić information content (AvgIpc) is 3.25. The first-order valence-corrected chi connectivity index (χ1v) is 11.2. The molecule has 2 heterocycles. The first-order chi connectivity index (χ1) is 15.6. The number of hydrogen-bond donors (Lipinski definition) is 1. The number of nitrogens with one attached hydrogen (secondary N) is 1. The number of fused-ring (bicyclic) bond motifs is 1. The maximum atomic E-state index is 13.3. The average molecular weight is 450 g/mol. The van der Waals surface area contributed by atoms with Crippen molar-refractivity contribution in [3.63, 3.8) is 0 Å². The van der Waals surface area contributed by atoms with Crippen molar-refractivity contribution >= 4 is 28.9 Å². The lowest BCUT2D eigenvalue weighted by atomic mass is 10.0. The van der Waals surface area contributed by atoms with E-state index < -0.39 is 5.91 Å². The van der Waals surface area contributed by atoms with E-state index in [4.69, 9.17) is 16.3 Å². The number of anilines is 2. The Morgan fingerprint density at radius 2 is 1.81 bits per heavy atom. The van der Waals surface area contributed by atoms with E-state index in [1.54, 1.807) is 47.2 Å². The molecule has 1 unspecified atom stereocenters. The van der Waals surface area contributed by atoms with E-state index in [0.717, 1.165) is 44.7 Å². The van der Waals surface area contributed by atoms with Crippen molar-refractivity contribution in [2.24, 2.45) is 0 Å². The molecule has 2 aromatic carbocycles. The summed E-state index contributed by atoms with van der Waals surface area (Å²) in [5.74, 6) is -0.424. The van der Waals surface area contributed by atoms with E-state index in [9.17, 15) is 9.59 Å². The van der Waals surface area contributed by atoms with Crippen molar-refractivity contribution < 1.29 is 9.53 Å². The predicted octanol–water partition coefficient (Wildman–Crippen LogP) is 4.13. The Morgan fingerprint density at radius 1 is 1.03 bits per heavy atom. The van der Waals surface area contributed by atoms with Crippen LogP contribution in [0.5, 0.6) is 0 Å². The van der Waals surface area contributed by atoms with Gasteiger partial charge in [0.25, 0.3) is 11.5 Å². The molecular weight excluding hydrogens is 426 g/mol. The Morgan fingerprint density at radius 3 is 2.59 bits per heavy atom. The molecule has 1 aliphatic carbocycles. The molecule has 1 atom stereocenters. The molecule has 1 aliphatic heterocycles. The van der Waals surface area contributed by atoms with Gasteiger partial charge in [0.15, 0.2) is 0 Å². The quantitative estimate of drug-likeness (QED) is 0.650. The van der Waals surface area contributed by atoms with Crippen LogP contribution in [0.25, 0.3) is 0 Å². The lowest BCUT2D eigenvalue weighted by Gasteiger charge is -2.30. The zero-order chi connectivity index (χ0) is 22.1. The van der Waals surface area contributed by atoms with E-state index in [2.05, 4.69) is 28.4 Å². The van der Waals surface area contributed by atoms with Crippen LogP contribution >= 0.6 is 11.6 Å². The van der Waals surface area contributed by atoms with Gasteiger partial charge in [0.05, 0.1) is 19.3 Å². The zero-order valence-electron chi connectivity index (χ0n) is 17.6. The molecule has 1 aromatic heterocycles. The molecule has 0 spiro atoms. The summed E-state index contributed by atoms with van der Waals surface area (Å²) in [6, 6.07) is 16.4. The number of morpholine rings is 1. The summed E-state index contributed by atoms with van der Waals surface area (Å²) >= 11 is 5.91. The maximum Gasteiger partial charge on any atom is 0.263 e. The Hall–Kier alpha value is -3.09. The molecule has 0 saturated carbocycles. The highest BCUT2D eigenvalue weighted by Gasteiger charge is 2.29. The summed E-state index contributed by atoms with van der Waals surface area (Å²) in [6.45, 7) is 3.22. The van der Waals surface area contributed by atoms with Gasteiger partial charge < -0.3 is 19.5 Å². The summed E-state index contributed by atoms with van der Waals surface area (Å²) in [6.07, 6.45) is 3.52. The Labute approximate surface area is 191 Å². The Balaban J connectivity index is 1.44. The lowest BCUT2D eigenvalue weighted by Crippen LogP contribution is -2.36. The first kappa shape index (κ1) is 20.8. The van der Waals surface area contributed by atoms with Crippen molar-refractivity contribution in [1.82, 2.24) is 4.57 Å². The molecule has 164 valence electrons. The summed E-state index contributed by atoms with van der Waals surface area (Å²) < 4.78 is 7.20. The third-order valence-corrected chi connectivity index (χ3v) is 6.48. The van der Waals surface area contributed by atoms with Gasteiger partial charge in [0.2, 0.25) is 0 Å². The van der Waals surface area contributed by atoms with Crippen molar-refractivity contribution in [2.45, 2.75) is 18.9 Å². The highest BCUT2D eigenvalue weighted by Crippen LogP contribution is 2.39. The summed E-state index contributed by atoms with van der Waals surface area (Å²) in [5, 5.41) is 3.37. The molecule has 32 heavy (non-hydrogen) atoms. The molecule has 0 radical (unpaired) electrons. The molecular formula is C25H24ClN3O3. The first-order valence-electron chi connectivity index (χ1n) is 10.8. The summed E-state index contributed by atoms with van der Waals surface area (Å²) in [5.41, 5.74) is 4.12. The number of carbonyl (C=O) groups excluding carboxylic acids is 1. The fourth-order valence-corrected chi connectivity index (χ4v) is 4.79. The van der Waals surface area contributed by atoms with E-state index >= 15 is 0 Å². The number of rotatable bonds is 4. The zero-order valence-corrected chi connectivity index (χ0v) is 18.3. The third kappa shape index (κ3) is 3.92. The van der Waals surface area contributed by atoms with Crippen molar-refractivity contribution in [2.75, 3.05) is 36.5 Å². The van der Waals surface area contributed by atoms with Crippen LogP contribution in [-0.2, 0) is 11.2 Å². The number of benzene rings is 2. The van der Waals surface area contributed by atoms with Gasteiger partial charge in [-0.1, -0.05) is 23.7 Å². The largest absolute Gasteiger partial charge is 0.378 e. The highest BCUT2D eigenvalue weighted by molar-refractivity contribution is 6.30. The topological polar surface area (TPSA) is 63.6 Å². The van der Waals surface area contributed by atoms with Gasteiger partial charge >= 0.3 is 0 Å². The van der Waals surface area contributed by atoms with Gasteiger partial charge in [-0.2, -0.15) is 0 Å². The second-order valence-electron chi connectivity index (χ2n) is 8.09. The van der Waals surface area contributed by atoms with Gasteiger partial charge in [-0.3, -0.25) is 9.59 Å². The number of nitrogens with zero attached hydrogens (tertiary/aromatic N) is 2. The monoisotopic (exact) mass is 449 g/mol. The molecule has 1 N–H and O–H groups in total. The standard InChI is InChI=1S/C25H24ClN3O3/c26-17-6-8-18(9-7-17)27-24(30)21-4-2-12-29(25(21)31)23-11-10-20-19(23)3-1-5-22(20)28-13-15-32-16-14-28/h1-9,12,23H,10-11,13-16H2,(H,27,30). The predicted molar refractivity (Wildman–Crippen MR) is 126 cm³/mol. The normalized spacial score (nSPS) is 17.8. The summed E-state index contributed by atoms with van der Waals surface area (Å²) in [4.78, 5) is 28.5. The number of halogens is 1. The van der Waals surface area contributed by atoms with Crippen LogP contribution in [0, 0.1) is 0 Å². The van der Waals surface area contributed by atoms with E-state index in [1.165, 1.54) is 11.3 Å². The molecule has 0 bridgehead atoms. The molecule has 6 nitrogen and oxygen atoms in total. The minimum Gasteiger partial charge on any atom is -0.378 e. The fraction of sp³-hybridized carbons (Fsp3) is 0.280. The van der Waals surface area contributed by atoms with Crippen LogP contribution in [-0.4, -0.2) is 36.8 Å². The fourth-order valence-electron chi connectivity index (χ4n) is 4.66. The molecule has 1 fully saturated rings. The lowest BCUT2D eigenvalue weighted by molar-refractivity contribution is 0.102. The third-order valence-electron chi connectivity index (χ3n) is 6.22. The van der Waals surface area contributed by atoms with E-state index in [0.29, 0.717) is 10.7 Å². The molecule has 2 aliphatic rings. The second-order valence-corrected chi connectivity index (χ2v) is 8.53. The van der Waals surface area contributed by atoms with Gasteiger partial charge in [-0.15, -0.1) is 0 Å². The maximum absolute atomic E-state index is 13.3. The van der Waals surface area contributed by atoms with Crippen LogP contribution in [0.1, 0.15) is 33.9 Å². The number of pyridine rings is 1. The van der Waals surface area contributed by atoms with Gasteiger partial charge in [-0.05, 0) is 66.4 Å². The minimum atomic E-state index is -0.424. The molecule has 1 saturated heterocycles. The second kappa shape index (κ2) is 8.81. The molecule has 5 rings (SSSR count). The number of aromatic nitrogens is 1. The van der Waals surface area contributed by atoms with Crippen LogP contribution in [0.15, 0.2) is 65.6 Å². The van der Waals surface area contributed by atoms with Gasteiger partial charge in [0, 0.05) is 35.7 Å². The molecule has 7 heteroatoms. The van der Waals surface area contributed by atoms with Gasteiger partial charge in [-0.25, -0.2) is 0 Å². The number of carbonyl (C=O) groups is 1. The van der Waals surface area contributed by atoms with E-state index in [1.807, 2.05) is 0 Å². The smallest absolute Gasteiger partial charge is 0.263 e. The van der Waals surface area contributed by atoms with Crippen LogP contribution in [0.2, 0.25) is 5.02 Å². The number of ether oxygens (including phenoxy) is 1. The van der Waals surface area contributed by atoms with Crippen LogP contribution in [0.4, 0.5) is 11.4 Å². The summed E-state index contributed by atoms with van der Waals surface area (Å²) in [7, 11) is 0. The van der Waals surface area contributed by atoms with Crippen LogP contribution in [0.3, 0.4) is 0 Å². The van der Waals surface area contributed by atoms with Crippen molar-refractivity contribution in [1.29, 1.82) is 0 Å². The van der Waals surface area contributed by atoms with E-state index in [-0.39, 0.29) is 17.2 Å². The Kier molecular flexibility index (Phi) is 5.72. The van der Waals surface area contributed by atoms with Gasteiger partial charge in [0.1, 0.15) is 5.56 Å². The van der Waals surface area contributed by atoms with Crippen LogP contribution < -0.4 is 15.8 Å². The minimum absolute atomic E-state index is 0.0817. The number of amides is 1. The SMILES string of the molecule is O=C(Nc1ccc(Cl)cc1)c1cccn(C2CCc3c2cccc3N2CCOCC2)c1=O. The van der Waals surface area contributed by atoms with Crippen molar-refractivity contribution in [3.8, 4) is 0 Å². The molecule has 3 aromatic rings. The molecule has 1 amide bonds. The Bertz CT molecular complexity index is 1200. The van der Waals surface area contributed by atoms with Crippen molar-refractivity contribution in [3.05, 3.63) is 92.9 Å². The highest BCUT2D eigenvalue weighted by atomic mass is 35.5.